The summed E-state index contributed by atoms with van der Waals surface area (Å²) in [6.45, 7) is 4.25. The highest BCUT2D eigenvalue weighted by Crippen LogP contribution is 2.60. The molecular formula is C23H22Br2O2. The zero-order chi connectivity index (χ0) is 19.2. The van der Waals surface area contributed by atoms with E-state index in [0.717, 1.165) is 16.2 Å². The lowest BCUT2D eigenvalue weighted by Crippen LogP contribution is -2.21. The Hall–Kier alpha value is -1.39. The highest BCUT2D eigenvalue weighted by Gasteiger charge is 2.61. The Labute approximate surface area is 177 Å². The minimum Gasteiger partial charge on any atom is -0.461 e. The molecule has 0 aliphatic heterocycles. The average molecular weight is 490 g/mol. The molecule has 2 aromatic carbocycles. The van der Waals surface area contributed by atoms with Crippen LogP contribution in [-0.4, -0.2) is 12.1 Å². The first-order valence-corrected chi connectivity index (χ1v) is 10.9. The van der Waals surface area contributed by atoms with Gasteiger partial charge >= 0.3 is 5.97 Å². The van der Waals surface area contributed by atoms with Crippen LogP contribution in [0.2, 0.25) is 0 Å². The minimum atomic E-state index is -0.0695. The Kier molecular flexibility index (Phi) is 5.06. The monoisotopic (exact) mass is 488 g/mol. The molecular weight excluding hydrogens is 468 g/mol. The fourth-order valence-electron chi connectivity index (χ4n) is 4.40. The minimum absolute atomic E-state index is 0.0511. The van der Waals surface area contributed by atoms with Crippen molar-refractivity contribution in [3.05, 3.63) is 69.1 Å². The van der Waals surface area contributed by atoms with Crippen molar-refractivity contribution in [1.29, 1.82) is 0 Å². The third kappa shape index (κ3) is 3.66. The smallest absolute Gasteiger partial charge is 0.310 e. The zero-order valence-corrected chi connectivity index (χ0v) is 18.6. The Morgan fingerprint density at radius 3 is 2.52 bits per heavy atom. The maximum Gasteiger partial charge on any atom is 0.310 e. The molecule has 2 aliphatic rings. The normalized spacial score (nSPS) is 24.8. The van der Waals surface area contributed by atoms with Gasteiger partial charge in [0.15, 0.2) is 0 Å². The predicted molar refractivity (Wildman–Crippen MR) is 116 cm³/mol. The van der Waals surface area contributed by atoms with Gasteiger partial charge in [0.05, 0.1) is 9.31 Å². The predicted octanol–water partition coefficient (Wildman–Crippen LogP) is 6.27. The van der Waals surface area contributed by atoms with Gasteiger partial charge in [0.1, 0.15) is 6.10 Å². The van der Waals surface area contributed by atoms with Gasteiger partial charge in [-0.1, -0.05) is 68.5 Å². The van der Waals surface area contributed by atoms with Gasteiger partial charge < -0.3 is 4.74 Å². The van der Waals surface area contributed by atoms with E-state index in [4.69, 9.17) is 4.74 Å². The molecule has 0 bridgehead atoms. The quantitative estimate of drug-likeness (QED) is 0.473. The van der Waals surface area contributed by atoms with Crippen LogP contribution in [0.1, 0.15) is 25.0 Å². The molecule has 27 heavy (non-hydrogen) atoms. The molecule has 2 aliphatic carbocycles. The first-order chi connectivity index (χ1) is 12.9. The maximum atomic E-state index is 12.8. The van der Waals surface area contributed by atoms with Crippen molar-refractivity contribution < 1.29 is 9.53 Å². The van der Waals surface area contributed by atoms with Crippen molar-refractivity contribution in [2.24, 2.45) is 17.3 Å². The van der Waals surface area contributed by atoms with Crippen molar-refractivity contribution in [2.75, 3.05) is 0 Å². The highest BCUT2D eigenvalue weighted by molar-refractivity contribution is 9.28. The second kappa shape index (κ2) is 7.21. The third-order valence-electron chi connectivity index (χ3n) is 5.99. The van der Waals surface area contributed by atoms with E-state index in [1.807, 2.05) is 6.07 Å². The van der Waals surface area contributed by atoms with Gasteiger partial charge in [-0.25, -0.2) is 0 Å². The van der Waals surface area contributed by atoms with E-state index in [0.29, 0.717) is 0 Å². The number of ether oxygens (including phenoxy) is 1. The fraction of sp³-hybridized carbons (Fsp3) is 0.348. The molecule has 0 radical (unpaired) electrons. The van der Waals surface area contributed by atoms with Gasteiger partial charge in [0.2, 0.25) is 0 Å². The van der Waals surface area contributed by atoms with E-state index >= 15 is 0 Å². The molecule has 0 amide bonds. The molecule has 3 atom stereocenters. The van der Waals surface area contributed by atoms with Crippen LogP contribution >= 0.6 is 31.9 Å². The fourth-order valence-corrected chi connectivity index (χ4v) is 4.97. The Morgan fingerprint density at radius 1 is 1.07 bits per heavy atom. The van der Waals surface area contributed by atoms with Gasteiger partial charge in [0.25, 0.3) is 0 Å². The number of hydrogen-bond donors (Lipinski definition) is 0. The van der Waals surface area contributed by atoms with E-state index in [-0.39, 0.29) is 29.3 Å². The first-order valence-electron chi connectivity index (χ1n) is 9.27. The second-order valence-electron chi connectivity index (χ2n) is 8.06. The molecule has 0 heterocycles. The zero-order valence-electron chi connectivity index (χ0n) is 15.4. The number of halogens is 2. The Bertz CT molecular complexity index is 898. The van der Waals surface area contributed by atoms with Gasteiger partial charge in [-0.05, 0) is 65.4 Å². The number of benzene rings is 2. The topological polar surface area (TPSA) is 26.3 Å². The number of hydrogen-bond acceptors (Lipinski definition) is 2. The van der Waals surface area contributed by atoms with E-state index in [9.17, 15) is 4.79 Å². The molecule has 2 aromatic rings. The summed E-state index contributed by atoms with van der Waals surface area (Å²) < 4.78 is 6.85. The van der Waals surface area contributed by atoms with Crippen molar-refractivity contribution in [1.82, 2.24) is 0 Å². The standard InChI is InChI=1S/C23H22Br2O2/c1-23(2)19(13-20(24)25)21(23)22(26)27-16-11-15-9-6-10-17(18(15)12-16)14-7-4-3-5-8-14/h3-10,13,16,19,21H,11-12H2,1-2H3/t16?,19-,21-/m0/s1. The van der Waals surface area contributed by atoms with Crippen LogP contribution in [-0.2, 0) is 22.4 Å². The van der Waals surface area contributed by atoms with Crippen LogP contribution in [0.5, 0.6) is 0 Å². The number of carbonyl (C=O) groups excluding carboxylic acids is 1. The van der Waals surface area contributed by atoms with Gasteiger partial charge in [-0.2, -0.15) is 0 Å². The Balaban J connectivity index is 1.49. The van der Waals surface area contributed by atoms with Crippen LogP contribution in [0.15, 0.2) is 58.0 Å². The molecule has 0 saturated heterocycles. The molecule has 4 rings (SSSR count). The van der Waals surface area contributed by atoms with Crippen molar-refractivity contribution >= 4 is 37.8 Å². The number of rotatable bonds is 4. The molecule has 0 spiro atoms. The van der Waals surface area contributed by atoms with E-state index in [2.05, 4.69) is 94.2 Å². The molecule has 1 saturated carbocycles. The number of esters is 1. The van der Waals surface area contributed by atoms with Crippen molar-refractivity contribution in [3.63, 3.8) is 0 Å². The van der Waals surface area contributed by atoms with Crippen LogP contribution < -0.4 is 0 Å². The number of fused-ring (bicyclic) bond motifs is 1. The van der Waals surface area contributed by atoms with Crippen molar-refractivity contribution in [2.45, 2.75) is 32.8 Å². The van der Waals surface area contributed by atoms with Crippen LogP contribution in [0, 0.1) is 17.3 Å². The summed E-state index contributed by atoms with van der Waals surface area (Å²) >= 11 is 6.81. The van der Waals surface area contributed by atoms with Crippen LogP contribution in [0.25, 0.3) is 11.1 Å². The van der Waals surface area contributed by atoms with Crippen LogP contribution in [0.3, 0.4) is 0 Å². The van der Waals surface area contributed by atoms with E-state index < -0.39 is 0 Å². The summed E-state index contributed by atoms with van der Waals surface area (Å²) in [6, 6.07) is 16.8. The Morgan fingerprint density at radius 2 is 1.81 bits per heavy atom. The second-order valence-corrected chi connectivity index (χ2v) is 10.8. The highest BCUT2D eigenvalue weighted by atomic mass is 79.9. The molecule has 140 valence electrons. The lowest BCUT2D eigenvalue weighted by atomic mass is 9.97. The molecule has 2 nitrogen and oxygen atoms in total. The molecule has 4 heteroatoms. The molecule has 0 N–H and O–H groups in total. The van der Waals surface area contributed by atoms with Crippen LogP contribution in [0.4, 0.5) is 0 Å². The van der Waals surface area contributed by atoms with Gasteiger partial charge in [-0.3, -0.25) is 4.79 Å². The summed E-state index contributed by atoms with van der Waals surface area (Å²) in [4.78, 5) is 12.8. The maximum absolute atomic E-state index is 12.8. The average Bonchev–Trinajstić information content (AvgIpc) is 2.97. The third-order valence-corrected chi connectivity index (χ3v) is 6.52. The van der Waals surface area contributed by atoms with E-state index in [1.54, 1.807) is 0 Å². The van der Waals surface area contributed by atoms with Crippen molar-refractivity contribution in [3.8, 4) is 11.1 Å². The number of carbonyl (C=O) groups is 1. The van der Waals surface area contributed by atoms with E-state index in [1.165, 1.54) is 22.3 Å². The summed E-state index contributed by atoms with van der Waals surface area (Å²) in [5.41, 5.74) is 5.03. The summed E-state index contributed by atoms with van der Waals surface area (Å²) in [7, 11) is 0. The lowest BCUT2D eigenvalue weighted by Gasteiger charge is -2.12. The largest absolute Gasteiger partial charge is 0.461 e. The molecule has 1 unspecified atom stereocenters. The summed E-state index contributed by atoms with van der Waals surface area (Å²) in [5, 5.41) is 0. The number of allylic oxidation sites excluding steroid dienone is 1. The SMILES string of the molecule is CC1(C)[C@H](C(=O)OC2Cc3cccc(-c4ccccc4)c3C2)[C@@H]1C=C(Br)Br. The summed E-state index contributed by atoms with van der Waals surface area (Å²) in [6.07, 6.45) is 3.59. The summed E-state index contributed by atoms with van der Waals surface area (Å²) in [5.74, 6) is 0.0730. The first kappa shape index (κ1) is 18.9. The lowest BCUT2D eigenvalue weighted by molar-refractivity contribution is -0.151. The molecule has 0 aromatic heterocycles. The molecule has 1 fully saturated rings. The van der Waals surface area contributed by atoms with Gasteiger partial charge in [-0.15, -0.1) is 0 Å². The van der Waals surface area contributed by atoms with Gasteiger partial charge in [0, 0.05) is 12.8 Å².